The highest BCUT2D eigenvalue weighted by Crippen LogP contribution is 2.20. The van der Waals surface area contributed by atoms with E-state index in [9.17, 15) is 0 Å². The third-order valence-corrected chi connectivity index (χ3v) is 2.75. The van der Waals surface area contributed by atoms with E-state index in [2.05, 4.69) is 15.1 Å². The van der Waals surface area contributed by atoms with E-state index in [0.717, 1.165) is 17.1 Å². The summed E-state index contributed by atoms with van der Waals surface area (Å²) in [5.41, 5.74) is 1.85. The van der Waals surface area contributed by atoms with Crippen LogP contribution in [-0.2, 0) is 0 Å². The number of nitrogens with zero attached hydrogens (tertiary/aromatic N) is 4. The van der Waals surface area contributed by atoms with Crippen LogP contribution in [0.4, 0.5) is 0 Å². The van der Waals surface area contributed by atoms with Crippen LogP contribution in [0.2, 0.25) is 0 Å². The van der Waals surface area contributed by atoms with Crippen LogP contribution in [0.5, 0.6) is 5.88 Å². The fourth-order valence-corrected chi connectivity index (χ4v) is 1.83. The predicted octanol–water partition coefficient (Wildman–Crippen LogP) is 2.34. The Hall–Kier alpha value is -2.69. The molecule has 0 N–H and O–H groups in total. The first-order valence-corrected chi connectivity index (χ1v) is 5.84. The number of benzene rings is 1. The summed E-state index contributed by atoms with van der Waals surface area (Å²) >= 11 is 0. The van der Waals surface area contributed by atoms with Gasteiger partial charge in [-0.15, -0.1) is 0 Å². The second-order valence-corrected chi connectivity index (χ2v) is 3.92. The van der Waals surface area contributed by atoms with Gasteiger partial charge in [-0.1, -0.05) is 18.2 Å². The van der Waals surface area contributed by atoms with E-state index in [1.54, 1.807) is 24.1 Å². The van der Waals surface area contributed by atoms with Crippen LogP contribution in [0.25, 0.3) is 17.1 Å². The molecular weight excluding hydrogens is 240 g/mol. The van der Waals surface area contributed by atoms with E-state index in [4.69, 9.17) is 4.74 Å². The molecule has 5 heteroatoms. The van der Waals surface area contributed by atoms with Gasteiger partial charge in [-0.2, -0.15) is 5.10 Å². The number of ether oxygens (including phenoxy) is 1. The van der Waals surface area contributed by atoms with Crippen molar-refractivity contribution in [2.45, 2.75) is 0 Å². The molecule has 0 bridgehead atoms. The van der Waals surface area contributed by atoms with Gasteiger partial charge in [0.2, 0.25) is 5.88 Å². The standard InChI is InChI=1S/C14H12N4O/c1-19-13-8-7-11(9-15-13)14-16-10-17-18(14)12-5-3-2-4-6-12/h2-10H,1H3. The molecular formula is C14H12N4O. The average molecular weight is 252 g/mol. The molecule has 2 heterocycles. The molecule has 0 saturated carbocycles. The van der Waals surface area contributed by atoms with Crippen molar-refractivity contribution in [3.05, 3.63) is 55.0 Å². The summed E-state index contributed by atoms with van der Waals surface area (Å²) in [6.45, 7) is 0. The van der Waals surface area contributed by atoms with Gasteiger partial charge < -0.3 is 4.74 Å². The molecule has 1 aromatic carbocycles. The molecule has 0 radical (unpaired) electrons. The lowest BCUT2D eigenvalue weighted by Gasteiger charge is -2.06. The van der Waals surface area contributed by atoms with Crippen molar-refractivity contribution >= 4 is 0 Å². The molecule has 94 valence electrons. The Morgan fingerprint density at radius 3 is 2.53 bits per heavy atom. The predicted molar refractivity (Wildman–Crippen MR) is 71.1 cm³/mol. The Kier molecular flexibility index (Phi) is 2.94. The highest BCUT2D eigenvalue weighted by molar-refractivity contribution is 5.56. The molecule has 3 rings (SSSR count). The van der Waals surface area contributed by atoms with Gasteiger partial charge >= 0.3 is 0 Å². The van der Waals surface area contributed by atoms with Gasteiger partial charge in [-0.05, 0) is 18.2 Å². The minimum Gasteiger partial charge on any atom is -0.481 e. The van der Waals surface area contributed by atoms with Crippen molar-refractivity contribution in [3.8, 4) is 23.0 Å². The molecule has 5 nitrogen and oxygen atoms in total. The number of rotatable bonds is 3. The maximum atomic E-state index is 5.05. The molecule has 0 atom stereocenters. The molecule has 0 aliphatic heterocycles. The van der Waals surface area contributed by atoms with Crippen LogP contribution in [0, 0.1) is 0 Å². The molecule has 0 aliphatic carbocycles. The lowest BCUT2D eigenvalue weighted by molar-refractivity contribution is 0.398. The van der Waals surface area contributed by atoms with Gasteiger partial charge in [-0.3, -0.25) is 0 Å². The topological polar surface area (TPSA) is 52.8 Å². The molecule has 3 aromatic rings. The summed E-state index contributed by atoms with van der Waals surface area (Å²) < 4.78 is 6.83. The quantitative estimate of drug-likeness (QED) is 0.718. The number of methoxy groups -OCH3 is 1. The number of para-hydroxylation sites is 1. The van der Waals surface area contributed by atoms with Crippen molar-refractivity contribution in [1.82, 2.24) is 19.7 Å². The van der Waals surface area contributed by atoms with Crippen LogP contribution in [0.1, 0.15) is 0 Å². The van der Waals surface area contributed by atoms with E-state index in [-0.39, 0.29) is 0 Å². The first-order chi connectivity index (χ1) is 9.38. The van der Waals surface area contributed by atoms with Gasteiger partial charge in [0.1, 0.15) is 6.33 Å². The van der Waals surface area contributed by atoms with E-state index in [0.29, 0.717) is 5.88 Å². The van der Waals surface area contributed by atoms with E-state index in [1.165, 1.54) is 6.33 Å². The molecule has 0 saturated heterocycles. The van der Waals surface area contributed by atoms with Crippen molar-refractivity contribution in [3.63, 3.8) is 0 Å². The SMILES string of the molecule is COc1ccc(-c2ncnn2-c2ccccc2)cn1. The molecule has 0 aliphatic rings. The van der Waals surface area contributed by atoms with Gasteiger partial charge in [-0.25, -0.2) is 14.6 Å². The number of hydrogen-bond donors (Lipinski definition) is 0. The lowest BCUT2D eigenvalue weighted by Crippen LogP contribution is -1.99. The summed E-state index contributed by atoms with van der Waals surface area (Å²) in [5.74, 6) is 1.33. The highest BCUT2D eigenvalue weighted by atomic mass is 16.5. The monoisotopic (exact) mass is 252 g/mol. The highest BCUT2D eigenvalue weighted by Gasteiger charge is 2.09. The zero-order chi connectivity index (χ0) is 13.1. The molecule has 0 fully saturated rings. The maximum absolute atomic E-state index is 5.05. The zero-order valence-corrected chi connectivity index (χ0v) is 10.4. The summed E-state index contributed by atoms with van der Waals surface area (Å²) in [7, 11) is 1.59. The van der Waals surface area contributed by atoms with Crippen molar-refractivity contribution in [2.24, 2.45) is 0 Å². The molecule has 19 heavy (non-hydrogen) atoms. The third-order valence-electron chi connectivity index (χ3n) is 2.75. The van der Waals surface area contributed by atoms with Crippen LogP contribution < -0.4 is 4.74 Å². The van der Waals surface area contributed by atoms with E-state index in [1.807, 2.05) is 36.4 Å². The smallest absolute Gasteiger partial charge is 0.212 e. The van der Waals surface area contributed by atoms with Crippen LogP contribution in [0.15, 0.2) is 55.0 Å². The Balaban J connectivity index is 2.04. The number of pyridine rings is 1. The normalized spacial score (nSPS) is 10.4. The van der Waals surface area contributed by atoms with Gasteiger partial charge in [0.15, 0.2) is 5.82 Å². The molecule has 0 spiro atoms. The van der Waals surface area contributed by atoms with Gasteiger partial charge in [0.25, 0.3) is 0 Å². The summed E-state index contributed by atoms with van der Waals surface area (Å²) in [6.07, 6.45) is 3.26. The van der Waals surface area contributed by atoms with Crippen molar-refractivity contribution in [1.29, 1.82) is 0 Å². The second-order valence-electron chi connectivity index (χ2n) is 3.92. The van der Waals surface area contributed by atoms with Crippen molar-refractivity contribution in [2.75, 3.05) is 7.11 Å². The van der Waals surface area contributed by atoms with E-state index < -0.39 is 0 Å². The minimum absolute atomic E-state index is 0.578. The largest absolute Gasteiger partial charge is 0.481 e. The third kappa shape index (κ3) is 2.18. The molecule has 0 amide bonds. The average Bonchev–Trinajstić information content (AvgIpc) is 2.98. The fourth-order valence-electron chi connectivity index (χ4n) is 1.83. The summed E-state index contributed by atoms with van der Waals surface area (Å²) in [5, 5.41) is 4.25. The fraction of sp³-hybridized carbons (Fsp3) is 0.0714. The summed E-state index contributed by atoms with van der Waals surface area (Å²) in [4.78, 5) is 8.47. The maximum Gasteiger partial charge on any atom is 0.212 e. The number of aromatic nitrogens is 4. The zero-order valence-electron chi connectivity index (χ0n) is 10.4. The number of hydrogen-bond acceptors (Lipinski definition) is 4. The van der Waals surface area contributed by atoms with Gasteiger partial charge in [0, 0.05) is 17.8 Å². The second kappa shape index (κ2) is 4.89. The van der Waals surface area contributed by atoms with E-state index >= 15 is 0 Å². The van der Waals surface area contributed by atoms with Crippen LogP contribution in [0.3, 0.4) is 0 Å². The van der Waals surface area contributed by atoms with Crippen molar-refractivity contribution < 1.29 is 4.74 Å². The van der Waals surface area contributed by atoms with Crippen LogP contribution in [-0.4, -0.2) is 26.9 Å². The lowest BCUT2D eigenvalue weighted by atomic mass is 10.2. The molecule has 2 aromatic heterocycles. The Morgan fingerprint density at radius 1 is 1.00 bits per heavy atom. The Morgan fingerprint density at radius 2 is 1.84 bits per heavy atom. The first kappa shape index (κ1) is 11.4. The van der Waals surface area contributed by atoms with Crippen LogP contribution >= 0.6 is 0 Å². The molecule has 0 unspecified atom stereocenters. The Labute approximate surface area is 110 Å². The Bertz CT molecular complexity index is 661. The minimum atomic E-state index is 0.578. The first-order valence-electron chi connectivity index (χ1n) is 5.84. The van der Waals surface area contributed by atoms with Gasteiger partial charge in [0.05, 0.1) is 12.8 Å². The summed E-state index contributed by atoms with van der Waals surface area (Å²) in [6, 6.07) is 13.6.